The molecular weight excluding hydrogens is 106 g/mol. The highest BCUT2D eigenvalue weighted by Crippen LogP contribution is 1.68. The Morgan fingerprint density at radius 1 is 1.62 bits per heavy atom. The Labute approximate surface area is 48.7 Å². The number of rotatable bonds is 4. The lowest BCUT2D eigenvalue weighted by Crippen LogP contribution is -2.22. The lowest BCUT2D eigenvalue weighted by molar-refractivity contribution is -0.141. The molecule has 0 heterocycles. The maximum Gasteiger partial charge on any atom is 0.369 e. The fraction of sp³-hybridized carbons (Fsp3) is 0.800. The summed E-state index contributed by atoms with van der Waals surface area (Å²) in [5, 5.41) is 12.4. The van der Waals surface area contributed by atoms with Crippen LogP contribution in [0.15, 0.2) is 0 Å². The normalized spacial score (nSPS) is 9.12. The van der Waals surface area contributed by atoms with Crippen molar-refractivity contribution in [3.8, 4) is 0 Å². The van der Waals surface area contributed by atoms with E-state index in [0.29, 0.717) is 0 Å². The van der Waals surface area contributed by atoms with Crippen molar-refractivity contribution in [3.63, 3.8) is 0 Å². The van der Waals surface area contributed by atoms with E-state index in [1.807, 2.05) is 6.92 Å². The first kappa shape index (κ1) is 7.43. The van der Waals surface area contributed by atoms with Gasteiger partial charge in [0.1, 0.15) is 0 Å². The molecule has 0 rings (SSSR count). The van der Waals surface area contributed by atoms with Crippen molar-refractivity contribution in [1.82, 2.24) is 5.32 Å². The Balaban J connectivity index is 2.82. The maximum absolute atomic E-state index is 9.70. The summed E-state index contributed by atoms with van der Waals surface area (Å²) in [6.07, 6.45) is 0.952. The van der Waals surface area contributed by atoms with Crippen LogP contribution in [0.1, 0.15) is 13.3 Å². The van der Waals surface area contributed by atoms with Gasteiger partial charge in [-0.2, -0.15) is 0 Å². The highest BCUT2D eigenvalue weighted by atomic mass is 16.4. The second kappa shape index (κ2) is 4.59. The minimum absolute atomic E-state index is 0.0339. The van der Waals surface area contributed by atoms with Gasteiger partial charge in [0.15, 0.2) is 0 Å². The summed E-state index contributed by atoms with van der Waals surface area (Å²) in [6.45, 7) is 2.68. The Hall–Kier alpha value is -0.570. The summed E-state index contributed by atoms with van der Waals surface area (Å²) in [4.78, 5) is 9.70. The van der Waals surface area contributed by atoms with Gasteiger partial charge in [0.05, 0.1) is 6.54 Å². The molecular formula is C5H10NO2. The Morgan fingerprint density at radius 3 is 2.62 bits per heavy atom. The average Bonchev–Trinajstić information content (AvgIpc) is 1.66. The van der Waals surface area contributed by atoms with Crippen molar-refractivity contribution in [2.45, 2.75) is 13.3 Å². The van der Waals surface area contributed by atoms with Crippen LogP contribution < -0.4 is 5.32 Å². The van der Waals surface area contributed by atoms with Crippen molar-refractivity contribution in [2.75, 3.05) is 13.1 Å². The van der Waals surface area contributed by atoms with Crippen molar-refractivity contribution in [2.24, 2.45) is 0 Å². The molecule has 0 aliphatic carbocycles. The molecule has 8 heavy (non-hydrogen) atoms. The smallest absolute Gasteiger partial charge is 0.307 e. The van der Waals surface area contributed by atoms with Gasteiger partial charge in [-0.25, -0.2) is 9.90 Å². The lowest BCUT2D eigenvalue weighted by atomic mass is 10.5. The Bertz CT molecular complexity index is 72.8. The van der Waals surface area contributed by atoms with Crippen LogP contribution in [0.3, 0.4) is 0 Å². The van der Waals surface area contributed by atoms with Crippen molar-refractivity contribution >= 4 is 5.97 Å². The van der Waals surface area contributed by atoms with Crippen molar-refractivity contribution < 1.29 is 9.90 Å². The Morgan fingerprint density at radius 2 is 2.25 bits per heavy atom. The van der Waals surface area contributed by atoms with Gasteiger partial charge in [-0.05, 0) is 13.0 Å². The third-order valence-electron chi connectivity index (χ3n) is 0.696. The predicted molar refractivity (Wildman–Crippen MR) is 28.9 cm³/mol. The fourth-order valence-corrected chi connectivity index (χ4v) is 0.367. The van der Waals surface area contributed by atoms with Gasteiger partial charge < -0.3 is 5.32 Å². The van der Waals surface area contributed by atoms with Crippen LogP contribution >= 0.6 is 0 Å². The summed E-state index contributed by atoms with van der Waals surface area (Å²) in [5.74, 6) is -1.04. The van der Waals surface area contributed by atoms with E-state index in [1.54, 1.807) is 0 Å². The molecule has 0 aromatic carbocycles. The number of hydrogen-bond acceptors (Lipinski definition) is 2. The van der Waals surface area contributed by atoms with E-state index in [-0.39, 0.29) is 6.54 Å². The first-order valence-electron chi connectivity index (χ1n) is 2.68. The summed E-state index contributed by atoms with van der Waals surface area (Å²) < 4.78 is 0. The van der Waals surface area contributed by atoms with E-state index in [0.717, 1.165) is 13.0 Å². The molecule has 0 unspecified atom stereocenters. The van der Waals surface area contributed by atoms with Crippen LogP contribution in [0.5, 0.6) is 0 Å². The zero-order valence-corrected chi connectivity index (χ0v) is 4.94. The SMILES string of the molecule is CCCNCC([O])=O. The van der Waals surface area contributed by atoms with Gasteiger partial charge in [0.25, 0.3) is 0 Å². The minimum atomic E-state index is -1.04. The van der Waals surface area contributed by atoms with Gasteiger partial charge in [0, 0.05) is 0 Å². The second-order valence-corrected chi connectivity index (χ2v) is 1.55. The van der Waals surface area contributed by atoms with Crippen LogP contribution in [-0.4, -0.2) is 19.1 Å². The van der Waals surface area contributed by atoms with E-state index >= 15 is 0 Å². The number of carbonyl (C=O) groups is 1. The average molecular weight is 116 g/mol. The van der Waals surface area contributed by atoms with Crippen molar-refractivity contribution in [1.29, 1.82) is 0 Å². The summed E-state index contributed by atoms with van der Waals surface area (Å²) in [6, 6.07) is 0. The third-order valence-corrected chi connectivity index (χ3v) is 0.696. The summed E-state index contributed by atoms with van der Waals surface area (Å²) in [5.41, 5.74) is 0. The first-order valence-corrected chi connectivity index (χ1v) is 2.68. The minimum Gasteiger partial charge on any atom is -0.307 e. The first-order chi connectivity index (χ1) is 3.77. The van der Waals surface area contributed by atoms with Gasteiger partial charge in [-0.3, -0.25) is 0 Å². The quantitative estimate of drug-likeness (QED) is 0.523. The molecule has 0 saturated carbocycles. The second-order valence-electron chi connectivity index (χ2n) is 1.55. The molecule has 0 fully saturated rings. The molecule has 47 valence electrons. The number of nitrogens with one attached hydrogen (secondary N) is 1. The van der Waals surface area contributed by atoms with Crippen molar-refractivity contribution in [3.05, 3.63) is 0 Å². The molecule has 0 aromatic rings. The van der Waals surface area contributed by atoms with Crippen LogP contribution in [-0.2, 0) is 9.90 Å². The third kappa shape index (κ3) is 5.43. The molecule has 0 aliphatic rings. The lowest BCUT2D eigenvalue weighted by Gasteiger charge is -1.92. The topological polar surface area (TPSA) is 49.0 Å². The van der Waals surface area contributed by atoms with Gasteiger partial charge >= 0.3 is 5.97 Å². The molecule has 3 nitrogen and oxygen atoms in total. The molecule has 0 atom stereocenters. The van der Waals surface area contributed by atoms with E-state index in [1.165, 1.54) is 0 Å². The molecule has 1 radical (unpaired) electrons. The van der Waals surface area contributed by atoms with Crippen LogP contribution in [0, 0.1) is 0 Å². The maximum atomic E-state index is 9.70. The highest BCUT2D eigenvalue weighted by Gasteiger charge is 1.94. The summed E-state index contributed by atoms with van der Waals surface area (Å²) >= 11 is 0. The predicted octanol–water partition coefficient (Wildman–Crippen LogP) is -0.0569. The van der Waals surface area contributed by atoms with Crippen LogP contribution in [0.2, 0.25) is 0 Å². The molecule has 0 amide bonds. The van der Waals surface area contributed by atoms with Gasteiger partial charge in [-0.15, -0.1) is 0 Å². The van der Waals surface area contributed by atoms with E-state index in [2.05, 4.69) is 5.32 Å². The molecule has 0 aliphatic heterocycles. The fourth-order valence-electron chi connectivity index (χ4n) is 0.367. The monoisotopic (exact) mass is 116 g/mol. The zero-order valence-electron chi connectivity index (χ0n) is 4.94. The standard InChI is InChI=1S/C5H10NO2/c1-2-3-6-4-5(7)8/h6H,2-4H2,1H3. The largest absolute Gasteiger partial charge is 0.369 e. The van der Waals surface area contributed by atoms with Crippen LogP contribution in [0.4, 0.5) is 0 Å². The Kier molecular flexibility index (Phi) is 4.26. The molecule has 0 bridgehead atoms. The van der Waals surface area contributed by atoms with Crippen LogP contribution in [0.25, 0.3) is 0 Å². The molecule has 3 heteroatoms. The number of hydrogen-bond donors (Lipinski definition) is 1. The highest BCUT2D eigenvalue weighted by molar-refractivity contribution is 5.68. The number of carbonyl (C=O) groups excluding carboxylic acids is 1. The summed E-state index contributed by atoms with van der Waals surface area (Å²) in [7, 11) is 0. The van der Waals surface area contributed by atoms with Gasteiger partial charge in [-0.1, -0.05) is 6.92 Å². The van der Waals surface area contributed by atoms with Gasteiger partial charge in [0.2, 0.25) is 0 Å². The zero-order chi connectivity index (χ0) is 6.41. The molecule has 0 saturated heterocycles. The molecule has 0 spiro atoms. The molecule has 0 aromatic heterocycles. The van der Waals surface area contributed by atoms with E-state index < -0.39 is 5.97 Å². The van der Waals surface area contributed by atoms with E-state index in [4.69, 9.17) is 0 Å². The van der Waals surface area contributed by atoms with E-state index in [9.17, 15) is 9.90 Å². The molecule has 1 N–H and O–H groups in total.